The van der Waals surface area contributed by atoms with Gasteiger partial charge < -0.3 is 10.6 Å². The Morgan fingerprint density at radius 3 is 2.75 bits per heavy atom. The molecule has 0 aromatic rings. The highest BCUT2D eigenvalue weighted by molar-refractivity contribution is 7.90. The van der Waals surface area contributed by atoms with Crippen LogP contribution in [0.3, 0.4) is 0 Å². The number of hydrogen-bond acceptors (Lipinski definition) is 4. The first-order chi connectivity index (χ1) is 7.49. The van der Waals surface area contributed by atoms with Crippen LogP contribution in [0.1, 0.15) is 26.2 Å². The zero-order valence-electron chi connectivity index (χ0n) is 10.1. The number of nitrogens with two attached hydrogens (primary N) is 1. The van der Waals surface area contributed by atoms with Gasteiger partial charge in [0.15, 0.2) is 0 Å². The van der Waals surface area contributed by atoms with E-state index in [0.29, 0.717) is 6.42 Å². The quantitative estimate of drug-likeness (QED) is 0.704. The van der Waals surface area contributed by atoms with E-state index in [9.17, 15) is 8.42 Å². The Hall–Kier alpha value is -0.170. The lowest BCUT2D eigenvalue weighted by Crippen LogP contribution is -2.49. The minimum absolute atomic E-state index is 0.0457. The summed E-state index contributed by atoms with van der Waals surface area (Å²) in [6.07, 6.45) is 2.53. The van der Waals surface area contributed by atoms with E-state index in [4.69, 9.17) is 5.73 Å². The molecule has 1 aliphatic heterocycles. The number of sulfonamides is 1. The molecule has 5 nitrogen and oxygen atoms in total. The Labute approximate surface area is 98.4 Å². The second-order valence-electron chi connectivity index (χ2n) is 4.53. The summed E-state index contributed by atoms with van der Waals surface area (Å²) in [6.45, 7) is 3.88. The van der Waals surface area contributed by atoms with Gasteiger partial charge in [-0.25, -0.2) is 13.1 Å². The van der Waals surface area contributed by atoms with Crippen LogP contribution in [0, 0.1) is 0 Å². The van der Waals surface area contributed by atoms with E-state index in [0.717, 1.165) is 25.9 Å². The molecule has 6 heteroatoms. The topological polar surface area (TPSA) is 75.4 Å². The van der Waals surface area contributed by atoms with Crippen molar-refractivity contribution in [2.24, 2.45) is 5.73 Å². The van der Waals surface area contributed by atoms with E-state index < -0.39 is 15.3 Å². The standard InChI is InChI=1S/C10H23N3O2S/c1-3-10(7-11)16(14,15)12-9-5-4-6-13(2)8-9/h9-10,12H,3-8,11H2,1-2H3. The Kier molecular flexibility index (Phi) is 5.17. The highest BCUT2D eigenvalue weighted by Gasteiger charge is 2.27. The summed E-state index contributed by atoms with van der Waals surface area (Å²) in [5, 5.41) is -0.459. The second kappa shape index (κ2) is 5.95. The first kappa shape index (κ1) is 13.9. The fourth-order valence-corrected chi connectivity index (χ4v) is 3.65. The summed E-state index contributed by atoms with van der Waals surface area (Å²) < 4.78 is 26.7. The average Bonchev–Trinajstić information content (AvgIpc) is 2.18. The van der Waals surface area contributed by atoms with E-state index in [1.54, 1.807) is 0 Å². The van der Waals surface area contributed by atoms with Crippen molar-refractivity contribution in [3.05, 3.63) is 0 Å². The lowest BCUT2D eigenvalue weighted by Gasteiger charge is -2.31. The van der Waals surface area contributed by atoms with E-state index in [1.807, 2.05) is 14.0 Å². The van der Waals surface area contributed by atoms with Gasteiger partial charge in [-0.1, -0.05) is 6.92 Å². The Morgan fingerprint density at radius 1 is 1.56 bits per heavy atom. The Morgan fingerprint density at radius 2 is 2.25 bits per heavy atom. The highest BCUT2D eigenvalue weighted by Crippen LogP contribution is 2.11. The first-order valence-corrected chi connectivity index (χ1v) is 7.44. The fraction of sp³-hybridized carbons (Fsp3) is 1.00. The zero-order valence-corrected chi connectivity index (χ0v) is 11.0. The molecule has 2 atom stereocenters. The molecule has 1 saturated heterocycles. The normalized spacial score (nSPS) is 25.6. The summed E-state index contributed by atoms with van der Waals surface area (Å²) in [5.74, 6) is 0. The molecule has 0 bridgehead atoms. The third kappa shape index (κ3) is 3.69. The average molecular weight is 249 g/mol. The molecule has 1 aliphatic rings. The predicted octanol–water partition coefficient (Wildman–Crippen LogP) is -0.263. The van der Waals surface area contributed by atoms with Crippen LogP contribution in [0.2, 0.25) is 0 Å². The van der Waals surface area contributed by atoms with Crippen LogP contribution in [0.4, 0.5) is 0 Å². The molecular weight excluding hydrogens is 226 g/mol. The highest BCUT2D eigenvalue weighted by atomic mass is 32.2. The number of piperidine rings is 1. The lowest BCUT2D eigenvalue weighted by atomic mass is 10.1. The van der Waals surface area contributed by atoms with Gasteiger partial charge in [-0.2, -0.15) is 0 Å². The number of nitrogens with zero attached hydrogens (tertiary/aromatic N) is 1. The van der Waals surface area contributed by atoms with Gasteiger partial charge in [-0.05, 0) is 32.9 Å². The summed E-state index contributed by atoms with van der Waals surface area (Å²) in [7, 11) is -1.23. The summed E-state index contributed by atoms with van der Waals surface area (Å²) in [6, 6.07) is 0.0457. The van der Waals surface area contributed by atoms with E-state index in [2.05, 4.69) is 9.62 Å². The van der Waals surface area contributed by atoms with Crippen LogP contribution in [0.15, 0.2) is 0 Å². The number of rotatable bonds is 5. The molecule has 16 heavy (non-hydrogen) atoms. The zero-order chi connectivity index (χ0) is 12.2. The van der Waals surface area contributed by atoms with Crippen molar-refractivity contribution in [1.82, 2.24) is 9.62 Å². The monoisotopic (exact) mass is 249 g/mol. The van der Waals surface area contributed by atoms with Crippen molar-refractivity contribution in [1.29, 1.82) is 0 Å². The third-order valence-electron chi connectivity index (χ3n) is 3.11. The van der Waals surface area contributed by atoms with Crippen LogP contribution < -0.4 is 10.5 Å². The van der Waals surface area contributed by atoms with Crippen LogP contribution in [0.25, 0.3) is 0 Å². The first-order valence-electron chi connectivity index (χ1n) is 5.89. The Balaban J connectivity index is 2.57. The van der Waals surface area contributed by atoms with Crippen molar-refractivity contribution in [2.75, 3.05) is 26.7 Å². The van der Waals surface area contributed by atoms with Gasteiger partial charge in [0.05, 0.1) is 5.25 Å². The van der Waals surface area contributed by atoms with Crippen molar-refractivity contribution < 1.29 is 8.42 Å². The molecule has 0 aromatic carbocycles. The van der Waals surface area contributed by atoms with Gasteiger partial charge in [0.2, 0.25) is 10.0 Å². The molecule has 0 radical (unpaired) electrons. The van der Waals surface area contributed by atoms with Crippen molar-refractivity contribution >= 4 is 10.0 Å². The van der Waals surface area contributed by atoms with Crippen LogP contribution in [-0.2, 0) is 10.0 Å². The maximum atomic E-state index is 12.0. The molecule has 0 spiro atoms. The number of hydrogen-bond donors (Lipinski definition) is 2. The van der Waals surface area contributed by atoms with E-state index >= 15 is 0 Å². The summed E-state index contributed by atoms with van der Waals surface area (Å²) in [5.41, 5.74) is 5.47. The van der Waals surface area contributed by atoms with Gasteiger partial charge in [-0.15, -0.1) is 0 Å². The SMILES string of the molecule is CCC(CN)S(=O)(=O)NC1CCCN(C)C1. The van der Waals surface area contributed by atoms with Gasteiger partial charge in [0, 0.05) is 19.1 Å². The van der Waals surface area contributed by atoms with Crippen molar-refractivity contribution in [2.45, 2.75) is 37.5 Å². The van der Waals surface area contributed by atoms with Gasteiger partial charge in [0.1, 0.15) is 0 Å². The molecule has 96 valence electrons. The van der Waals surface area contributed by atoms with E-state index in [-0.39, 0.29) is 12.6 Å². The molecule has 2 unspecified atom stereocenters. The number of likely N-dealkylation sites (N-methyl/N-ethyl adjacent to an activating group) is 1. The largest absolute Gasteiger partial charge is 0.329 e. The molecule has 3 N–H and O–H groups in total. The lowest BCUT2D eigenvalue weighted by molar-refractivity contribution is 0.242. The number of nitrogens with one attached hydrogen (secondary N) is 1. The second-order valence-corrected chi connectivity index (χ2v) is 6.52. The maximum absolute atomic E-state index is 12.0. The van der Waals surface area contributed by atoms with Crippen LogP contribution in [-0.4, -0.2) is 51.3 Å². The minimum Gasteiger partial charge on any atom is -0.329 e. The van der Waals surface area contributed by atoms with Gasteiger partial charge in [-0.3, -0.25) is 0 Å². The molecule has 1 rings (SSSR count). The Bertz CT molecular complexity index is 301. The smallest absolute Gasteiger partial charge is 0.216 e. The molecule has 0 amide bonds. The van der Waals surface area contributed by atoms with Crippen molar-refractivity contribution in [3.63, 3.8) is 0 Å². The molecule has 1 fully saturated rings. The van der Waals surface area contributed by atoms with E-state index in [1.165, 1.54) is 0 Å². The number of likely N-dealkylation sites (tertiary alicyclic amines) is 1. The fourth-order valence-electron chi connectivity index (χ4n) is 2.10. The maximum Gasteiger partial charge on any atom is 0.216 e. The van der Waals surface area contributed by atoms with Crippen LogP contribution >= 0.6 is 0 Å². The predicted molar refractivity (Wildman–Crippen MR) is 65.7 cm³/mol. The summed E-state index contributed by atoms with van der Waals surface area (Å²) >= 11 is 0. The van der Waals surface area contributed by atoms with Gasteiger partial charge in [0.25, 0.3) is 0 Å². The molecular formula is C10H23N3O2S. The third-order valence-corrected chi connectivity index (χ3v) is 5.18. The van der Waals surface area contributed by atoms with Crippen molar-refractivity contribution in [3.8, 4) is 0 Å². The molecule has 0 aliphatic carbocycles. The minimum atomic E-state index is -3.25. The van der Waals surface area contributed by atoms with Crippen LogP contribution in [0.5, 0.6) is 0 Å². The molecule has 0 aromatic heterocycles. The molecule has 0 saturated carbocycles. The van der Waals surface area contributed by atoms with Gasteiger partial charge >= 0.3 is 0 Å². The summed E-state index contributed by atoms with van der Waals surface area (Å²) in [4.78, 5) is 2.15. The molecule has 1 heterocycles.